The number of para-hydroxylation sites is 1. The van der Waals surface area contributed by atoms with Gasteiger partial charge in [-0.25, -0.2) is 0 Å². The summed E-state index contributed by atoms with van der Waals surface area (Å²) in [6.45, 7) is 14.2. The van der Waals surface area contributed by atoms with Gasteiger partial charge in [0.2, 0.25) is 0 Å². The van der Waals surface area contributed by atoms with Gasteiger partial charge in [0.15, 0.2) is 0 Å². The molecule has 0 aliphatic carbocycles. The summed E-state index contributed by atoms with van der Waals surface area (Å²) in [6.07, 6.45) is 13.8. The third-order valence-corrected chi connectivity index (χ3v) is 11.8. The molecule has 8 rings (SSSR count). The highest BCUT2D eigenvalue weighted by atomic mass is 32.1. The number of benzene rings is 6. The Balaban J connectivity index is 1.37. The highest BCUT2D eigenvalue weighted by Crippen LogP contribution is 2.49. The summed E-state index contributed by atoms with van der Waals surface area (Å²) in [5.41, 5.74) is 8.72. The lowest BCUT2D eigenvalue weighted by molar-refractivity contribution is 1.22. The van der Waals surface area contributed by atoms with Crippen molar-refractivity contribution < 1.29 is 0 Å². The SMILES string of the molecule is C=C/C=C(\C=C/C)c1ccc(N(c2ccc3c(c2)sc2ccccc23)c2cccc3c2sc2cccc(N(/C(C=C)=C/C=C)c4ccccc4)c23)cc1. The Bertz CT molecular complexity index is 2740. The van der Waals surface area contributed by atoms with Crippen molar-refractivity contribution in [2.45, 2.75) is 6.92 Å². The average Bonchev–Trinajstić information content (AvgIpc) is 3.77. The van der Waals surface area contributed by atoms with Crippen LogP contribution in [0.4, 0.5) is 28.4 Å². The van der Waals surface area contributed by atoms with Crippen LogP contribution in [0.2, 0.25) is 0 Å². The van der Waals surface area contributed by atoms with Crippen molar-refractivity contribution in [1.29, 1.82) is 0 Å². The van der Waals surface area contributed by atoms with Gasteiger partial charge in [0.1, 0.15) is 0 Å². The number of anilines is 5. The van der Waals surface area contributed by atoms with E-state index in [9.17, 15) is 0 Å². The molecular weight excluding hydrogens is 681 g/mol. The molecule has 0 amide bonds. The van der Waals surface area contributed by atoms with Gasteiger partial charge in [0, 0.05) is 58.4 Å². The average molecular weight is 719 g/mol. The van der Waals surface area contributed by atoms with Crippen molar-refractivity contribution in [3.05, 3.63) is 207 Å². The minimum absolute atomic E-state index is 0.954. The van der Waals surface area contributed by atoms with Crippen molar-refractivity contribution in [3.8, 4) is 0 Å². The summed E-state index contributed by atoms with van der Waals surface area (Å²) < 4.78 is 5.00. The van der Waals surface area contributed by atoms with E-state index in [0.29, 0.717) is 0 Å². The smallest absolute Gasteiger partial charge is 0.0640 e. The predicted molar refractivity (Wildman–Crippen MR) is 237 cm³/mol. The van der Waals surface area contributed by atoms with Gasteiger partial charge in [-0.15, -0.1) is 22.7 Å². The van der Waals surface area contributed by atoms with E-state index in [2.05, 4.69) is 175 Å². The van der Waals surface area contributed by atoms with Crippen LogP contribution in [-0.2, 0) is 0 Å². The van der Waals surface area contributed by atoms with Crippen LogP contribution in [0.15, 0.2) is 201 Å². The lowest BCUT2D eigenvalue weighted by Gasteiger charge is -2.27. The molecule has 0 saturated carbocycles. The second-order valence-electron chi connectivity index (χ2n) is 12.6. The minimum Gasteiger partial charge on any atom is -0.310 e. The second-order valence-corrected chi connectivity index (χ2v) is 14.8. The summed E-state index contributed by atoms with van der Waals surface area (Å²) in [5.74, 6) is 0. The molecule has 2 heterocycles. The Labute approximate surface area is 319 Å². The van der Waals surface area contributed by atoms with Crippen molar-refractivity contribution in [1.82, 2.24) is 0 Å². The first-order valence-corrected chi connectivity index (χ1v) is 19.3. The molecule has 256 valence electrons. The highest BCUT2D eigenvalue weighted by molar-refractivity contribution is 7.26. The van der Waals surface area contributed by atoms with Crippen molar-refractivity contribution >= 4 is 97.0 Å². The third kappa shape index (κ3) is 6.23. The zero-order valence-corrected chi connectivity index (χ0v) is 31.2. The molecule has 2 aromatic heterocycles. The maximum Gasteiger partial charge on any atom is 0.0640 e. The van der Waals surface area contributed by atoms with E-state index >= 15 is 0 Å². The van der Waals surface area contributed by atoms with Crippen LogP contribution in [0.5, 0.6) is 0 Å². The van der Waals surface area contributed by atoms with Gasteiger partial charge < -0.3 is 9.80 Å². The Hall–Kier alpha value is -6.20. The van der Waals surface area contributed by atoms with Crippen LogP contribution in [0.1, 0.15) is 12.5 Å². The fourth-order valence-corrected chi connectivity index (χ4v) is 9.54. The lowest BCUT2D eigenvalue weighted by Crippen LogP contribution is -2.15. The summed E-state index contributed by atoms with van der Waals surface area (Å²) >= 11 is 3.68. The normalized spacial score (nSPS) is 12.2. The molecular formula is C49H38N2S2. The molecule has 53 heavy (non-hydrogen) atoms. The largest absolute Gasteiger partial charge is 0.310 e. The van der Waals surface area contributed by atoms with Gasteiger partial charge in [-0.2, -0.15) is 0 Å². The van der Waals surface area contributed by atoms with Crippen molar-refractivity contribution in [2.75, 3.05) is 9.80 Å². The van der Waals surface area contributed by atoms with E-state index in [1.807, 2.05) is 60.0 Å². The van der Waals surface area contributed by atoms with Crippen LogP contribution < -0.4 is 9.80 Å². The number of nitrogens with zero attached hydrogens (tertiary/aromatic N) is 2. The molecule has 0 aliphatic heterocycles. The van der Waals surface area contributed by atoms with E-state index in [1.54, 1.807) is 0 Å². The zero-order valence-electron chi connectivity index (χ0n) is 29.6. The van der Waals surface area contributed by atoms with Gasteiger partial charge in [-0.05, 0) is 90.9 Å². The first-order chi connectivity index (χ1) is 26.1. The first-order valence-electron chi connectivity index (χ1n) is 17.7. The molecule has 0 bridgehead atoms. The Kier molecular flexibility index (Phi) is 9.47. The highest BCUT2D eigenvalue weighted by Gasteiger charge is 2.23. The van der Waals surface area contributed by atoms with E-state index in [-0.39, 0.29) is 0 Å². The summed E-state index contributed by atoms with van der Waals surface area (Å²) in [4.78, 5) is 4.69. The minimum atomic E-state index is 0.954. The monoisotopic (exact) mass is 718 g/mol. The number of allylic oxidation sites excluding steroid dienone is 8. The molecule has 0 fully saturated rings. The van der Waals surface area contributed by atoms with Gasteiger partial charge in [0.25, 0.3) is 0 Å². The van der Waals surface area contributed by atoms with Crippen molar-refractivity contribution in [2.24, 2.45) is 0 Å². The maximum atomic E-state index is 4.19. The molecule has 4 heteroatoms. The summed E-state index contributed by atoms with van der Waals surface area (Å²) in [5, 5.41) is 4.99. The van der Waals surface area contributed by atoms with Crippen LogP contribution in [0.3, 0.4) is 0 Å². The topological polar surface area (TPSA) is 6.48 Å². The van der Waals surface area contributed by atoms with E-state index < -0.39 is 0 Å². The molecule has 0 N–H and O–H groups in total. The first kappa shape index (κ1) is 33.9. The van der Waals surface area contributed by atoms with Crippen LogP contribution >= 0.6 is 22.7 Å². The molecule has 0 saturated heterocycles. The van der Waals surface area contributed by atoms with Gasteiger partial charge >= 0.3 is 0 Å². The van der Waals surface area contributed by atoms with Crippen LogP contribution in [0, 0.1) is 0 Å². The van der Waals surface area contributed by atoms with E-state index in [0.717, 1.165) is 45.3 Å². The Morgan fingerprint density at radius 2 is 1.25 bits per heavy atom. The van der Waals surface area contributed by atoms with Gasteiger partial charge in [-0.3, -0.25) is 0 Å². The number of thiophene rings is 2. The number of hydrogen-bond donors (Lipinski definition) is 0. The van der Waals surface area contributed by atoms with E-state index in [1.165, 1.54) is 40.3 Å². The Morgan fingerprint density at radius 3 is 2.02 bits per heavy atom. The number of hydrogen-bond acceptors (Lipinski definition) is 4. The second kappa shape index (κ2) is 14.8. The number of rotatable bonds is 11. The molecule has 0 spiro atoms. The molecule has 2 nitrogen and oxygen atoms in total. The summed E-state index contributed by atoms with van der Waals surface area (Å²) in [7, 11) is 0. The molecule has 8 aromatic rings. The fraction of sp³-hybridized carbons (Fsp3) is 0.0204. The summed E-state index contributed by atoms with van der Waals surface area (Å²) in [6, 6.07) is 48.2. The van der Waals surface area contributed by atoms with Gasteiger partial charge in [0.05, 0.1) is 16.1 Å². The van der Waals surface area contributed by atoms with Gasteiger partial charge in [-0.1, -0.05) is 123 Å². The molecule has 0 radical (unpaired) electrons. The maximum absolute atomic E-state index is 4.19. The zero-order chi connectivity index (χ0) is 36.3. The fourth-order valence-electron chi connectivity index (χ4n) is 7.17. The molecule has 0 aliphatic rings. The molecule has 0 atom stereocenters. The standard InChI is InChI=1S/C49H38N2S2/c1-5-16-34(17-6-2)35-27-29-38(30-28-35)51(39-31-32-41-40-21-12-13-25-45(40)52-47(41)33-39)44-24-14-22-42-48-43(23-15-26-46(48)53-49(42)44)50(36(8-4)18-7-3)37-19-10-9-11-20-37/h5-33H,1,3-4H2,2H3/b17-6-,34-16+,36-18+. The third-order valence-electron chi connectivity index (χ3n) is 9.46. The van der Waals surface area contributed by atoms with Crippen molar-refractivity contribution in [3.63, 3.8) is 0 Å². The predicted octanol–water partition coefficient (Wildman–Crippen LogP) is 15.4. The van der Waals surface area contributed by atoms with Crippen LogP contribution in [0.25, 0.3) is 45.9 Å². The Morgan fingerprint density at radius 1 is 0.566 bits per heavy atom. The van der Waals surface area contributed by atoms with Crippen LogP contribution in [-0.4, -0.2) is 0 Å². The molecule has 6 aromatic carbocycles. The quantitative estimate of drug-likeness (QED) is 0.123. The van der Waals surface area contributed by atoms with E-state index in [4.69, 9.17) is 0 Å². The number of fused-ring (bicyclic) bond motifs is 6. The lowest BCUT2D eigenvalue weighted by atomic mass is 10.0. The molecule has 0 unspecified atom stereocenters.